The normalized spacial score (nSPS) is 15.4. The van der Waals surface area contributed by atoms with Crippen molar-refractivity contribution in [1.82, 2.24) is 10.2 Å². The van der Waals surface area contributed by atoms with Crippen molar-refractivity contribution in [2.45, 2.75) is 45.7 Å². The second kappa shape index (κ2) is 7.19. The molecule has 0 spiro atoms. The molecule has 0 fully saturated rings. The highest BCUT2D eigenvalue weighted by Crippen LogP contribution is 2.27. The van der Waals surface area contributed by atoms with Gasteiger partial charge in [-0.05, 0) is 46.3 Å². The van der Waals surface area contributed by atoms with E-state index < -0.39 is 0 Å². The van der Waals surface area contributed by atoms with Gasteiger partial charge in [-0.25, -0.2) is 4.39 Å². The van der Waals surface area contributed by atoms with E-state index in [-0.39, 0.29) is 17.4 Å². The molecule has 20 heavy (non-hydrogen) atoms. The van der Waals surface area contributed by atoms with Crippen LogP contribution in [0.5, 0.6) is 0 Å². The Morgan fingerprint density at radius 3 is 2.40 bits per heavy atom. The minimum absolute atomic E-state index is 0.0336. The summed E-state index contributed by atoms with van der Waals surface area (Å²) in [6.07, 6.45) is 1.10. The fourth-order valence-electron chi connectivity index (χ4n) is 2.53. The SMILES string of the molecule is CCC(C)(C)N(C)CC(C)C(NC)c1ccccc1F. The maximum atomic E-state index is 14.0. The number of nitrogens with one attached hydrogen (secondary N) is 1. The predicted molar refractivity (Wildman–Crippen MR) is 84.4 cm³/mol. The quantitative estimate of drug-likeness (QED) is 0.816. The van der Waals surface area contributed by atoms with Gasteiger partial charge in [0.15, 0.2) is 0 Å². The Hall–Kier alpha value is -0.930. The van der Waals surface area contributed by atoms with Crippen LogP contribution in [0.2, 0.25) is 0 Å². The third kappa shape index (κ3) is 4.03. The number of rotatable bonds is 7. The van der Waals surface area contributed by atoms with Gasteiger partial charge in [-0.15, -0.1) is 0 Å². The zero-order chi connectivity index (χ0) is 15.3. The molecule has 0 heterocycles. The first-order valence-corrected chi connectivity index (χ1v) is 7.46. The fourth-order valence-corrected chi connectivity index (χ4v) is 2.53. The zero-order valence-corrected chi connectivity index (χ0v) is 13.7. The molecule has 0 amide bonds. The van der Waals surface area contributed by atoms with Gasteiger partial charge in [0.2, 0.25) is 0 Å². The zero-order valence-electron chi connectivity index (χ0n) is 13.7. The molecule has 0 saturated carbocycles. The molecule has 3 heteroatoms. The summed E-state index contributed by atoms with van der Waals surface area (Å²) in [5, 5.41) is 3.27. The predicted octanol–water partition coefficient (Wildman–Crippen LogP) is 3.84. The Morgan fingerprint density at radius 1 is 1.30 bits per heavy atom. The summed E-state index contributed by atoms with van der Waals surface area (Å²) in [5.74, 6) is 0.198. The van der Waals surface area contributed by atoms with E-state index >= 15 is 0 Å². The van der Waals surface area contributed by atoms with Crippen LogP contribution in [0.25, 0.3) is 0 Å². The second-order valence-electron chi connectivity index (χ2n) is 6.31. The summed E-state index contributed by atoms with van der Waals surface area (Å²) in [7, 11) is 4.05. The molecule has 2 nitrogen and oxygen atoms in total. The number of benzene rings is 1. The molecule has 1 aromatic rings. The van der Waals surface area contributed by atoms with Gasteiger partial charge in [-0.2, -0.15) is 0 Å². The lowest BCUT2D eigenvalue weighted by molar-refractivity contribution is 0.120. The van der Waals surface area contributed by atoms with Crippen LogP contribution in [-0.4, -0.2) is 31.1 Å². The van der Waals surface area contributed by atoms with Crippen LogP contribution in [0.3, 0.4) is 0 Å². The lowest BCUT2D eigenvalue weighted by Gasteiger charge is -2.38. The molecule has 0 radical (unpaired) electrons. The number of halogens is 1. The van der Waals surface area contributed by atoms with Crippen LogP contribution >= 0.6 is 0 Å². The Labute approximate surface area is 123 Å². The van der Waals surface area contributed by atoms with Crippen molar-refractivity contribution < 1.29 is 4.39 Å². The molecule has 2 unspecified atom stereocenters. The Morgan fingerprint density at radius 2 is 1.90 bits per heavy atom. The van der Waals surface area contributed by atoms with Crippen molar-refractivity contribution in [1.29, 1.82) is 0 Å². The van der Waals surface area contributed by atoms with E-state index in [2.05, 4.69) is 45.0 Å². The first-order chi connectivity index (χ1) is 9.33. The summed E-state index contributed by atoms with van der Waals surface area (Å²) in [4.78, 5) is 2.36. The molecule has 0 aromatic heterocycles. The highest BCUT2D eigenvalue weighted by atomic mass is 19.1. The van der Waals surface area contributed by atoms with Gasteiger partial charge in [-0.1, -0.05) is 32.0 Å². The average molecular weight is 280 g/mol. The van der Waals surface area contributed by atoms with E-state index in [0.29, 0.717) is 5.92 Å². The van der Waals surface area contributed by atoms with Crippen LogP contribution in [0.4, 0.5) is 4.39 Å². The second-order valence-corrected chi connectivity index (χ2v) is 6.31. The standard InChI is InChI=1S/C17H29FN2/c1-7-17(3,4)20(6)12-13(2)16(19-5)14-10-8-9-11-15(14)18/h8-11,13,16,19H,7,12H2,1-6H3. The summed E-state index contributed by atoms with van der Waals surface area (Å²) in [5.41, 5.74) is 0.923. The molecule has 1 aromatic carbocycles. The third-order valence-corrected chi connectivity index (χ3v) is 4.58. The number of hydrogen-bond donors (Lipinski definition) is 1. The van der Waals surface area contributed by atoms with E-state index in [1.165, 1.54) is 6.07 Å². The first-order valence-electron chi connectivity index (χ1n) is 7.46. The van der Waals surface area contributed by atoms with Crippen molar-refractivity contribution in [3.63, 3.8) is 0 Å². The van der Waals surface area contributed by atoms with E-state index in [0.717, 1.165) is 18.5 Å². The summed E-state index contributed by atoms with van der Waals surface area (Å²) < 4.78 is 14.0. The van der Waals surface area contributed by atoms with Gasteiger partial charge >= 0.3 is 0 Å². The van der Waals surface area contributed by atoms with E-state index in [1.54, 1.807) is 6.07 Å². The van der Waals surface area contributed by atoms with Crippen LogP contribution in [0, 0.1) is 11.7 Å². The maximum absolute atomic E-state index is 14.0. The lowest BCUT2D eigenvalue weighted by Crippen LogP contribution is -2.44. The molecule has 0 aliphatic carbocycles. The molecule has 1 N–H and O–H groups in total. The smallest absolute Gasteiger partial charge is 0.127 e. The molecule has 0 bridgehead atoms. The van der Waals surface area contributed by atoms with Gasteiger partial charge in [0.05, 0.1) is 0 Å². The van der Waals surface area contributed by atoms with Crippen LogP contribution in [-0.2, 0) is 0 Å². The molecule has 0 aliphatic heterocycles. The highest BCUT2D eigenvalue weighted by molar-refractivity contribution is 5.21. The van der Waals surface area contributed by atoms with Crippen molar-refractivity contribution in [3.8, 4) is 0 Å². The van der Waals surface area contributed by atoms with Crippen molar-refractivity contribution >= 4 is 0 Å². The summed E-state index contributed by atoms with van der Waals surface area (Å²) in [6, 6.07) is 7.08. The topological polar surface area (TPSA) is 15.3 Å². The fraction of sp³-hybridized carbons (Fsp3) is 0.647. The molecule has 0 saturated heterocycles. The minimum Gasteiger partial charge on any atom is -0.313 e. The largest absolute Gasteiger partial charge is 0.313 e. The van der Waals surface area contributed by atoms with Crippen molar-refractivity contribution in [2.75, 3.05) is 20.6 Å². The van der Waals surface area contributed by atoms with Gasteiger partial charge in [0, 0.05) is 23.7 Å². The van der Waals surface area contributed by atoms with Crippen molar-refractivity contribution in [3.05, 3.63) is 35.6 Å². The Kier molecular flexibility index (Phi) is 6.15. The third-order valence-electron chi connectivity index (χ3n) is 4.58. The molecule has 1 rings (SSSR count). The van der Waals surface area contributed by atoms with E-state index in [1.807, 2.05) is 19.2 Å². The molecule has 0 aliphatic rings. The van der Waals surface area contributed by atoms with Gasteiger partial charge in [-0.3, -0.25) is 0 Å². The van der Waals surface area contributed by atoms with Gasteiger partial charge < -0.3 is 10.2 Å². The summed E-state index contributed by atoms with van der Waals surface area (Å²) in [6.45, 7) is 9.80. The Balaban J connectivity index is 2.83. The minimum atomic E-state index is -0.129. The van der Waals surface area contributed by atoms with Crippen LogP contribution < -0.4 is 5.32 Å². The van der Waals surface area contributed by atoms with E-state index in [4.69, 9.17) is 0 Å². The van der Waals surface area contributed by atoms with Crippen LogP contribution in [0.1, 0.15) is 45.7 Å². The Bertz CT molecular complexity index is 417. The monoisotopic (exact) mass is 280 g/mol. The average Bonchev–Trinajstić information content (AvgIpc) is 2.41. The molecule has 114 valence electrons. The van der Waals surface area contributed by atoms with Crippen LogP contribution in [0.15, 0.2) is 24.3 Å². The molecular formula is C17H29FN2. The summed E-state index contributed by atoms with van der Waals surface area (Å²) >= 11 is 0. The van der Waals surface area contributed by atoms with E-state index in [9.17, 15) is 4.39 Å². The van der Waals surface area contributed by atoms with Gasteiger partial charge in [0.1, 0.15) is 5.82 Å². The van der Waals surface area contributed by atoms with Gasteiger partial charge in [0.25, 0.3) is 0 Å². The lowest BCUT2D eigenvalue weighted by atomic mass is 9.91. The number of hydrogen-bond acceptors (Lipinski definition) is 2. The first kappa shape index (κ1) is 17.1. The maximum Gasteiger partial charge on any atom is 0.127 e. The molecule has 2 atom stereocenters. The highest BCUT2D eigenvalue weighted by Gasteiger charge is 2.27. The van der Waals surface area contributed by atoms with Crippen molar-refractivity contribution in [2.24, 2.45) is 5.92 Å². The number of nitrogens with zero attached hydrogens (tertiary/aromatic N) is 1. The molecular weight excluding hydrogens is 251 g/mol.